The summed E-state index contributed by atoms with van der Waals surface area (Å²) >= 11 is 5.62. The molecule has 88 valence electrons. The Balaban J connectivity index is 2.10. The van der Waals surface area contributed by atoms with Crippen LogP contribution in [0.15, 0.2) is 42.5 Å². The number of para-hydroxylation sites is 1. The van der Waals surface area contributed by atoms with Crippen molar-refractivity contribution < 1.29 is 13.5 Å². The number of halogens is 3. The van der Waals surface area contributed by atoms with E-state index in [1.54, 1.807) is 18.2 Å². The van der Waals surface area contributed by atoms with Crippen molar-refractivity contribution in [3.63, 3.8) is 0 Å². The summed E-state index contributed by atoms with van der Waals surface area (Å²) in [5, 5.41) is 0.317. The van der Waals surface area contributed by atoms with Gasteiger partial charge in [0, 0.05) is 10.6 Å². The predicted octanol–water partition coefficient (Wildman–Crippen LogP) is 4.20. The Labute approximate surface area is 103 Å². The lowest BCUT2D eigenvalue weighted by Gasteiger charge is -2.07. The molecule has 0 spiro atoms. The van der Waals surface area contributed by atoms with Gasteiger partial charge in [-0.15, -0.1) is 0 Å². The molecule has 0 aliphatic heterocycles. The number of benzene rings is 2. The predicted molar refractivity (Wildman–Crippen MR) is 62.1 cm³/mol. The third-order valence-corrected chi connectivity index (χ3v) is 2.47. The van der Waals surface area contributed by atoms with Gasteiger partial charge in [-0.1, -0.05) is 29.8 Å². The quantitative estimate of drug-likeness (QED) is 0.798. The summed E-state index contributed by atoms with van der Waals surface area (Å²) in [5.74, 6) is -0.836. The molecule has 0 heterocycles. The van der Waals surface area contributed by atoms with Gasteiger partial charge in [0.25, 0.3) is 0 Å². The maximum Gasteiger partial charge on any atom is 0.165 e. The van der Waals surface area contributed by atoms with Crippen molar-refractivity contribution in [3.05, 3.63) is 64.7 Å². The lowest BCUT2D eigenvalue weighted by Crippen LogP contribution is -1.99. The van der Waals surface area contributed by atoms with Gasteiger partial charge in [0.2, 0.25) is 0 Å². The molecule has 4 heteroatoms. The van der Waals surface area contributed by atoms with Gasteiger partial charge < -0.3 is 4.74 Å². The first-order valence-electron chi connectivity index (χ1n) is 4.98. The van der Waals surface area contributed by atoms with Crippen LogP contribution < -0.4 is 4.74 Å². The van der Waals surface area contributed by atoms with Gasteiger partial charge in [-0.2, -0.15) is 0 Å². The molecule has 0 bridgehead atoms. The Kier molecular flexibility index (Phi) is 3.59. The van der Waals surface area contributed by atoms with Gasteiger partial charge in [-0.25, -0.2) is 8.78 Å². The van der Waals surface area contributed by atoms with Crippen LogP contribution in [0.5, 0.6) is 5.75 Å². The molecule has 0 radical (unpaired) electrons. The molecule has 0 saturated heterocycles. The van der Waals surface area contributed by atoms with Crippen LogP contribution >= 0.6 is 11.6 Å². The van der Waals surface area contributed by atoms with Crippen molar-refractivity contribution in [2.75, 3.05) is 0 Å². The second-order valence-electron chi connectivity index (χ2n) is 3.45. The molecule has 2 rings (SSSR count). The maximum absolute atomic E-state index is 13.4. The number of hydrogen-bond donors (Lipinski definition) is 0. The molecule has 17 heavy (non-hydrogen) atoms. The molecule has 0 aromatic heterocycles. The zero-order chi connectivity index (χ0) is 12.3. The smallest absolute Gasteiger partial charge is 0.165 e. The summed E-state index contributed by atoms with van der Waals surface area (Å²) in [7, 11) is 0. The lowest BCUT2D eigenvalue weighted by molar-refractivity contribution is 0.285. The zero-order valence-electron chi connectivity index (χ0n) is 8.79. The highest BCUT2D eigenvalue weighted by molar-refractivity contribution is 6.30. The van der Waals surface area contributed by atoms with Crippen LogP contribution in [0.3, 0.4) is 0 Å². The molecule has 0 atom stereocenters. The summed E-state index contributed by atoms with van der Waals surface area (Å²) in [6.07, 6.45) is 0. The third kappa shape index (κ3) is 2.94. The van der Waals surface area contributed by atoms with Gasteiger partial charge in [0.05, 0.1) is 0 Å². The van der Waals surface area contributed by atoms with E-state index < -0.39 is 11.6 Å². The molecule has 1 nitrogen and oxygen atoms in total. The number of rotatable bonds is 3. The van der Waals surface area contributed by atoms with Gasteiger partial charge >= 0.3 is 0 Å². The monoisotopic (exact) mass is 254 g/mol. The van der Waals surface area contributed by atoms with Crippen LogP contribution in [0.2, 0.25) is 5.02 Å². The highest BCUT2D eigenvalue weighted by Crippen LogP contribution is 2.19. The maximum atomic E-state index is 13.4. The molecule has 2 aromatic rings. The Hall–Kier alpha value is -1.61. The third-order valence-electron chi connectivity index (χ3n) is 2.23. The minimum absolute atomic E-state index is 0.0378. The van der Waals surface area contributed by atoms with Crippen molar-refractivity contribution in [1.82, 2.24) is 0 Å². The second kappa shape index (κ2) is 5.15. The van der Waals surface area contributed by atoms with Gasteiger partial charge in [0.1, 0.15) is 12.4 Å². The fourth-order valence-electron chi connectivity index (χ4n) is 1.36. The molecule has 0 saturated carbocycles. The largest absolute Gasteiger partial charge is 0.486 e. The van der Waals surface area contributed by atoms with E-state index in [4.69, 9.17) is 16.3 Å². The molecule has 0 aliphatic carbocycles. The van der Waals surface area contributed by atoms with Crippen molar-refractivity contribution in [3.8, 4) is 5.75 Å². The van der Waals surface area contributed by atoms with Crippen molar-refractivity contribution in [1.29, 1.82) is 0 Å². The van der Waals surface area contributed by atoms with Gasteiger partial charge in [-0.3, -0.25) is 0 Å². The SMILES string of the molecule is Fc1cc(Cl)ccc1COc1ccccc1F. The van der Waals surface area contributed by atoms with Crippen LogP contribution in [0.4, 0.5) is 8.78 Å². The second-order valence-corrected chi connectivity index (χ2v) is 3.89. The van der Waals surface area contributed by atoms with E-state index in [1.807, 2.05) is 0 Å². The molecule has 0 amide bonds. The highest BCUT2D eigenvalue weighted by Gasteiger charge is 2.06. The zero-order valence-corrected chi connectivity index (χ0v) is 9.55. The molecular weight excluding hydrogens is 246 g/mol. The standard InChI is InChI=1S/C13H9ClF2O/c14-10-6-5-9(12(16)7-10)8-17-13-4-2-1-3-11(13)15/h1-7H,8H2. The highest BCUT2D eigenvalue weighted by atomic mass is 35.5. The normalized spacial score (nSPS) is 10.3. The molecule has 0 fully saturated rings. The first kappa shape index (κ1) is 11.9. The van der Waals surface area contributed by atoms with Crippen LogP contribution in [-0.4, -0.2) is 0 Å². The Bertz CT molecular complexity index is 529. The van der Waals surface area contributed by atoms with Crippen LogP contribution in [0, 0.1) is 11.6 Å². The minimum atomic E-state index is -0.470. The topological polar surface area (TPSA) is 9.23 Å². The summed E-state index contributed by atoms with van der Waals surface area (Å²) in [4.78, 5) is 0. The number of hydrogen-bond acceptors (Lipinski definition) is 1. The average molecular weight is 255 g/mol. The molecule has 2 aromatic carbocycles. The van der Waals surface area contributed by atoms with Crippen LogP contribution in [0.1, 0.15) is 5.56 Å². The van der Waals surface area contributed by atoms with E-state index in [0.717, 1.165) is 0 Å². The van der Waals surface area contributed by atoms with E-state index in [1.165, 1.54) is 24.3 Å². The Morgan fingerprint density at radius 1 is 1.00 bits per heavy atom. The van der Waals surface area contributed by atoms with Crippen molar-refractivity contribution in [2.24, 2.45) is 0 Å². The Morgan fingerprint density at radius 2 is 1.76 bits per heavy atom. The summed E-state index contributed by atoms with van der Waals surface area (Å²) in [6, 6.07) is 10.3. The van der Waals surface area contributed by atoms with Crippen LogP contribution in [0.25, 0.3) is 0 Å². The summed E-state index contributed by atoms with van der Waals surface area (Å²) in [5.41, 5.74) is 0.331. The average Bonchev–Trinajstić information content (AvgIpc) is 2.30. The van der Waals surface area contributed by atoms with E-state index in [9.17, 15) is 8.78 Å². The number of ether oxygens (including phenoxy) is 1. The minimum Gasteiger partial charge on any atom is -0.486 e. The molecular formula is C13H9ClF2O. The lowest BCUT2D eigenvalue weighted by atomic mass is 10.2. The molecule has 0 aliphatic rings. The fourth-order valence-corrected chi connectivity index (χ4v) is 1.51. The molecule has 0 unspecified atom stereocenters. The fraction of sp³-hybridized carbons (Fsp3) is 0.0769. The van der Waals surface area contributed by atoms with E-state index in [2.05, 4.69) is 0 Å². The molecule has 0 N–H and O–H groups in total. The van der Waals surface area contributed by atoms with Crippen molar-refractivity contribution >= 4 is 11.6 Å². The van der Waals surface area contributed by atoms with E-state index in [-0.39, 0.29) is 12.4 Å². The summed E-state index contributed by atoms with van der Waals surface area (Å²) in [6.45, 7) is -0.0378. The Morgan fingerprint density at radius 3 is 2.47 bits per heavy atom. The van der Waals surface area contributed by atoms with Crippen molar-refractivity contribution in [2.45, 2.75) is 6.61 Å². The van der Waals surface area contributed by atoms with E-state index >= 15 is 0 Å². The van der Waals surface area contributed by atoms with Gasteiger partial charge in [-0.05, 0) is 24.3 Å². The van der Waals surface area contributed by atoms with E-state index in [0.29, 0.717) is 10.6 Å². The summed E-state index contributed by atoms with van der Waals surface area (Å²) < 4.78 is 31.8. The van der Waals surface area contributed by atoms with Crippen LogP contribution in [-0.2, 0) is 6.61 Å². The van der Waals surface area contributed by atoms with Gasteiger partial charge in [0.15, 0.2) is 11.6 Å². The first-order chi connectivity index (χ1) is 8.16. The first-order valence-corrected chi connectivity index (χ1v) is 5.36.